The Morgan fingerprint density at radius 1 is 1.12 bits per heavy atom. The summed E-state index contributed by atoms with van der Waals surface area (Å²) in [6.07, 6.45) is 1.93. The van der Waals surface area contributed by atoms with Crippen LogP contribution in [0.1, 0.15) is 16.7 Å². The van der Waals surface area contributed by atoms with Crippen molar-refractivity contribution in [3.05, 3.63) is 41.1 Å². The Morgan fingerprint density at radius 3 is 2.25 bits per heavy atom. The van der Waals surface area contributed by atoms with Crippen molar-refractivity contribution in [1.29, 1.82) is 0 Å². The first-order valence-electron chi connectivity index (χ1n) is 5.41. The second kappa shape index (κ2) is 4.00. The summed E-state index contributed by atoms with van der Waals surface area (Å²) in [6, 6.07) is 6.33. The number of hydrogen-bond acceptors (Lipinski definition) is 2. The topological polar surface area (TPSA) is 29.9 Å². The molecule has 0 bridgehead atoms. The average Bonchev–Trinajstić information content (AvgIpc) is 2.58. The van der Waals surface area contributed by atoms with Gasteiger partial charge in [0.2, 0.25) is 0 Å². The molecule has 0 fully saturated rings. The van der Waals surface area contributed by atoms with Crippen LogP contribution >= 0.6 is 0 Å². The molecule has 0 radical (unpaired) electrons. The van der Waals surface area contributed by atoms with Crippen molar-refractivity contribution in [2.75, 3.05) is 5.32 Å². The molecule has 2 aromatic rings. The molecule has 1 aromatic carbocycles. The van der Waals surface area contributed by atoms with Gasteiger partial charge < -0.3 is 5.32 Å². The van der Waals surface area contributed by atoms with Gasteiger partial charge >= 0.3 is 0 Å². The molecule has 1 heterocycles. The summed E-state index contributed by atoms with van der Waals surface area (Å²) < 4.78 is 1.79. The quantitative estimate of drug-likeness (QED) is 0.834. The molecule has 0 aliphatic carbocycles. The van der Waals surface area contributed by atoms with E-state index in [1.54, 1.807) is 4.68 Å². The van der Waals surface area contributed by atoms with Gasteiger partial charge in [0.15, 0.2) is 5.82 Å². The van der Waals surface area contributed by atoms with Gasteiger partial charge in [-0.25, -0.2) is 0 Å². The van der Waals surface area contributed by atoms with Crippen molar-refractivity contribution in [2.24, 2.45) is 7.05 Å². The van der Waals surface area contributed by atoms with Crippen LogP contribution in [0.5, 0.6) is 0 Å². The molecule has 0 atom stereocenters. The molecule has 0 saturated carbocycles. The highest BCUT2D eigenvalue weighted by Crippen LogP contribution is 2.24. The van der Waals surface area contributed by atoms with E-state index in [9.17, 15) is 0 Å². The summed E-state index contributed by atoms with van der Waals surface area (Å²) in [4.78, 5) is 0. The third kappa shape index (κ3) is 2.08. The van der Waals surface area contributed by atoms with Crippen molar-refractivity contribution in [3.63, 3.8) is 0 Å². The Balaban J connectivity index is 2.34. The largest absolute Gasteiger partial charge is 0.338 e. The number of benzene rings is 1. The molecule has 16 heavy (non-hydrogen) atoms. The number of nitrogens with one attached hydrogen (secondary N) is 1. The first-order chi connectivity index (χ1) is 7.56. The molecule has 0 aliphatic rings. The summed E-state index contributed by atoms with van der Waals surface area (Å²) in [5.74, 6) is 0.887. The second-order valence-electron chi connectivity index (χ2n) is 4.27. The van der Waals surface area contributed by atoms with Crippen LogP contribution in [-0.4, -0.2) is 9.78 Å². The zero-order chi connectivity index (χ0) is 11.7. The maximum atomic E-state index is 4.32. The van der Waals surface area contributed by atoms with Gasteiger partial charge in [0.25, 0.3) is 0 Å². The number of aryl methyl sites for hydroxylation is 4. The highest BCUT2D eigenvalue weighted by Gasteiger charge is 2.05. The Bertz CT molecular complexity index is 489. The van der Waals surface area contributed by atoms with E-state index in [1.807, 2.05) is 19.3 Å². The fourth-order valence-corrected chi connectivity index (χ4v) is 1.99. The minimum absolute atomic E-state index is 0.887. The second-order valence-corrected chi connectivity index (χ2v) is 4.27. The van der Waals surface area contributed by atoms with E-state index in [0.29, 0.717) is 0 Å². The molecule has 0 saturated heterocycles. The predicted molar refractivity (Wildman–Crippen MR) is 67.1 cm³/mol. The van der Waals surface area contributed by atoms with E-state index < -0.39 is 0 Å². The van der Waals surface area contributed by atoms with Crippen LogP contribution in [0.25, 0.3) is 0 Å². The summed E-state index contributed by atoms with van der Waals surface area (Å²) in [6.45, 7) is 6.35. The van der Waals surface area contributed by atoms with Gasteiger partial charge in [0.1, 0.15) is 0 Å². The molecular formula is C13H17N3. The lowest BCUT2D eigenvalue weighted by Gasteiger charge is -2.11. The minimum Gasteiger partial charge on any atom is -0.338 e. The molecule has 1 N–H and O–H groups in total. The summed E-state index contributed by atoms with van der Waals surface area (Å²) >= 11 is 0. The van der Waals surface area contributed by atoms with Crippen molar-refractivity contribution in [2.45, 2.75) is 20.8 Å². The molecule has 1 aromatic heterocycles. The molecule has 3 heteroatoms. The molecule has 0 spiro atoms. The minimum atomic E-state index is 0.887. The molecule has 0 aliphatic heterocycles. The van der Waals surface area contributed by atoms with E-state index in [1.165, 1.54) is 16.7 Å². The molecule has 2 rings (SSSR count). The van der Waals surface area contributed by atoms with E-state index >= 15 is 0 Å². The zero-order valence-electron chi connectivity index (χ0n) is 10.2. The van der Waals surface area contributed by atoms with Crippen LogP contribution in [0.2, 0.25) is 0 Å². The van der Waals surface area contributed by atoms with Gasteiger partial charge in [-0.1, -0.05) is 17.7 Å². The van der Waals surface area contributed by atoms with E-state index in [0.717, 1.165) is 11.5 Å². The molecule has 0 amide bonds. The van der Waals surface area contributed by atoms with Crippen LogP contribution in [0.4, 0.5) is 11.5 Å². The number of aromatic nitrogens is 2. The fourth-order valence-electron chi connectivity index (χ4n) is 1.99. The first kappa shape index (κ1) is 10.7. The van der Waals surface area contributed by atoms with Crippen LogP contribution < -0.4 is 5.32 Å². The molecule has 84 valence electrons. The van der Waals surface area contributed by atoms with Gasteiger partial charge in [-0.2, -0.15) is 5.10 Å². The van der Waals surface area contributed by atoms with Crippen molar-refractivity contribution < 1.29 is 0 Å². The summed E-state index contributed by atoms with van der Waals surface area (Å²) in [5, 5.41) is 7.67. The Hall–Kier alpha value is -1.77. The van der Waals surface area contributed by atoms with Gasteiger partial charge in [-0.15, -0.1) is 0 Å². The number of rotatable bonds is 2. The van der Waals surface area contributed by atoms with Crippen LogP contribution in [0.3, 0.4) is 0 Å². The normalized spacial score (nSPS) is 10.5. The summed E-state index contributed by atoms with van der Waals surface area (Å²) in [7, 11) is 1.92. The van der Waals surface area contributed by atoms with Crippen LogP contribution in [0, 0.1) is 20.8 Å². The van der Waals surface area contributed by atoms with Gasteiger partial charge in [0.05, 0.1) is 0 Å². The lowest BCUT2D eigenvalue weighted by atomic mass is 10.1. The van der Waals surface area contributed by atoms with Crippen LogP contribution in [0.15, 0.2) is 24.4 Å². The molecular weight excluding hydrogens is 198 g/mol. The maximum absolute atomic E-state index is 4.32. The SMILES string of the molecule is Cc1cc(C)c(Nc2ccn(C)n2)c(C)c1. The number of hydrogen-bond donors (Lipinski definition) is 1. The Labute approximate surface area is 96.1 Å². The smallest absolute Gasteiger partial charge is 0.152 e. The highest BCUT2D eigenvalue weighted by atomic mass is 15.3. The summed E-state index contributed by atoms with van der Waals surface area (Å²) in [5.41, 5.74) is 4.96. The first-order valence-corrected chi connectivity index (χ1v) is 5.41. The zero-order valence-corrected chi connectivity index (χ0v) is 10.2. The third-order valence-electron chi connectivity index (χ3n) is 2.64. The van der Waals surface area contributed by atoms with E-state index in [2.05, 4.69) is 43.3 Å². The van der Waals surface area contributed by atoms with E-state index in [4.69, 9.17) is 0 Å². The van der Waals surface area contributed by atoms with Gasteiger partial charge in [-0.3, -0.25) is 4.68 Å². The monoisotopic (exact) mass is 215 g/mol. The Kier molecular flexibility index (Phi) is 2.69. The molecule has 0 unspecified atom stereocenters. The lowest BCUT2D eigenvalue weighted by Crippen LogP contribution is -1.98. The van der Waals surface area contributed by atoms with E-state index in [-0.39, 0.29) is 0 Å². The standard InChI is InChI=1S/C13H17N3/c1-9-7-10(2)13(11(3)8-9)14-12-5-6-16(4)15-12/h5-8H,1-4H3,(H,14,15). The predicted octanol–water partition coefficient (Wildman–Crippen LogP) is 3.09. The number of anilines is 2. The maximum Gasteiger partial charge on any atom is 0.152 e. The number of nitrogens with zero attached hydrogens (tertiary/aromatic N) is 2. The Morgan fingerprint density at radius 2 is 1.75 bits per heavy atom. The lowest BCUT2D eigenvalue weighted by molar-refractivity contribution is 0.771. The van der Waals surface area contributed by atoms with Gasteiger partial charge in [0, 0.05) is 25.0 Å². The highest BCUT2D eigenvalue weighted by molar-refractivity contribution is 5.64. The van der Waals surface area contributed by atoms with Crippen molar-refractivity contribution in [1.82, 2.24) is 9.78 Å². The van der Waals surface area contributed by atoms with Crippen molar-refractivity contribution in [3.8, 4) is 0 Å². The average molecular weight is 215 g/mol. The van der Waals surface area contributed by atoms with Gasteiger partial charge in [-0.05, 0) is 31.9 Å². The fraction of sp³-hybridized carbons (Fsp3) is 0.308. The van der Waals surface area contributed by atoms with Crippen LogP contribution in [-0.2, 0) is 7.05 Å². The van der Waals surface area contributed by atoms with Crippen molar-refractivity contribution >= 4 is 11.5 Å². The molecule has 3 nitrogen and oxygen atoms in total. The third-order valence-corrected chi connectivity index (χ3v) is 2.64.